The molecule has 2 aromatic carbocycles. The van der Waals surface area contributed by atoms with Crippen LogP contribution in [-0.4, -0.2) is 5.97 Å². The smallest absolute Gasteiger partial charge is 0.335 e. The van der Waals surface area contributed by atoms with E-state index < -0.39 is 6.04 Å². The van der Waals surface area contributed by atoms with Gasteiger partial charge in [0.1, 0.15) is 6.61 Å². The molecule has 0 spiro atoms. The molecule has 0 fully saturated rings. The van der Waals surface area contributed by atoms with E-state index in [1.54, 1.807) is 13.0 Å². The monoisotopic (exact) mass is 281 g/mol. The summed E-state index contributed by atoms with van der Waals surface area (Å²) in [4.78, 5) is 12.2. The van der Waals surface area contributed by atoms with Crippen LogP contribution in [0.5, 0.6) is 0 Å². The van der Waals surface area contributed by atoms with Crippen LogP contribution in [0.4, 0.5) is 0 Å². The molecule has 2 aromatic rings. The maximum absolute atomic E-state index is 12.2. The highest BCUT2D eigenvalue weighted by Gasteiger charge is 2.19. The van der Waals surface area contributed by atoms with Crippen LogP contribution in [0.3, 0.4) is 0 Å². The third-order valence-electron chi connectivity index (χ3n) is 3.25. The first-order chi connectivity index (χ1) is 10.2. The number of esters is 1. The highest BCUT2D eigenvalue weighted by Crippen LogP contribution is 2.20. The zero-order valence-corrected chi connectivity index (χ0v) is 12.0. The zero-order chi connectivity index (χ0) is 15.1. The molecule has 3 nitrogen and oxygen atoms in total. The first-order valence-corrected chi connectivity index (χ1v) is 6.90. The molecule has 0 saturated heterocycles. The molecule has 0 radical (unpaired) electrons. The van der Waals surface area contributed by atoms with Gasteiger partial charge < -0.3 is 10.5 Å². The molecule has 1 atom stereocenters. The van der Waals surface area contributed by atoms with Gasteiger partial charge in [-0.2, -0.15) is 0 Å². The van der Waals surface area contributed by atoms with E-state index in [1.165, 1.54) is 0 Å². The lowest BCUT2D eigenvalue weighted by atomic mass is 9.99. The van der Waals surface area contributed by atoms with Gasteiger partial charge >= 0.3 is 5.97 Å². The molecule has 0 bridgehead atoms. The number of carbonyl (C=O) groups excluding carboxylic acids is 1. The second-order valence-corrected chi connectivity index (χ2v) is 4.69. The van der Waals surface area contributed by atoms with Crippen LogP contribution in [0, 0.1) is 0 Å². The normalized spacial score (nSPS) is 12.8. The van der Waals surface area contributed by atoms with Gasteiger partial charge in [0.15, 0.2) is 0 Å². The lowest BCUT2D eigenvalue weighted by molar-refractivity contribution is -0.140. The van der Waals surface area contributed by atoms with E-state index in [0.717, 1.165) is 11.1 Å². The molecule has 2 rings (SSSR count). The number of benzene rings is 2. The van der Waals surface area contributed by atoms with E-state index in [0.29, 0.717) is 5.57 Å². The molecule has 3 heteroatoms. The summed E-state index contributed by atoms with van der Waals surface area (Å²) < 4.78 is 5.34. The van der Waals surface area contributed by atoms with E-state index in [-0.39, 0.29) is 12.6 Å². The maximum Gasteiger partial charge on any atom is 0.335 e. The Labute approximate surface area is 125 Å². The number of ether oxygens (including phenoxy) is 1. The van der Waals surface area contributed by atoms with Gasteiger partial charge in [-0.05, 0) is 18.1 Å². The Hall–Kier alpha value is -2.39. The Morgan fingerprint density at radius 3 is 2.24 bits per heavy atom. The van der Waals surface area contributed by atoms with E-state index in [4.69, 9.17) is 10.5 Å². The molecule has 0 unspecified atom stereocenters. The highest BCUT2D eigenvalue weighted by atomic mass is 16.5. The quantitative estimate of drug-likeness (QED) is 0.675. The van der Waals surface area contributed by atoms with Crippen LogP contribution >= 0.6 is 0 Å². The van der Waals surface area contributed by atoms with E-state index in [2.05, 4.69) is 0 Å². The van der Waals surface area contributed by atoms with Crippen molar-refractivity contribution in [2.75, 3.05) is 0 Å². The molecule has 108 valence electrons. The first-order valence-electron chi connectivity index (χ1n) is 6.90. The third-order valence-corrected chi connectivity index (χ3v) is 3.25. The molecular formula is C18H19NO2. The van der Waals surface area contributed by atoms with Crippen molar-refractivity contribution < 1.29 is 9.53 Å². The molecule has 0 aliphatic rings. The van der Waals surface area contributed by atoms with Crippen molar-refractivity contribution in [3.63, 3.8) is 0 Å². The number of nitrogens with two attached hydrogens (primary N) is 1. The summed E-state index contributed by atoms with van der Waals surface area (Å²) in [5.74, 6) is -0.377. The Kier molecular flexibility index (Phi) is 5.29. The Bertz CT molecular complexity index is 606. The molecule has 0 amide bonds. The lowest BCUT2D eigenvalue weighted by Crippen LogP contribution is -2.21. The number of allylic oxidation sites excluding steroid dienone is 1. The fraction of sp³-hybridized carbons (Fsp3) is 0.167. The summed E-state index contributed by atoms with van der Waals surface area (Å²) in [6.07, 6.45) is 1.71. The van der Waals surface area contributed by atoms with E-state index >= 15 is 0 Å². The summed E-state index contributed by atoms with van der Waals surface area (Å²) in [6.45, 7) is 2.04. The van der Waals surface area contributed by atoms with Gasteiger partial charge in [0.2, 0.25) is 0 Å². The summed E-state index contributed by atoms with van der Waals surface area (Å²) in [5.41, 5.74) is 8.46. The van der Waals surface area contributed by atoms with E-state index in [9.17, 15) is 4.79 Å². The van der Waals surface area contributed by atoms with Crippen LogP contribution < -0.4 is 5.73 Å². The van der Waals surface area contributed by atoms with Crippen LogP contribution in [-0.2, 0) is 16.1 Å². The average Bonchev–Trinajstić information content (AvgIpc) is 2.55. The first kappa shape index (κ1) is 15.0. The molecule has 0 saturated carbocycles. The third kappa shape index (κ3) is 4.04. The Morgan fingerprint density at radius 2 is 1.67 bits per heavy atom. The minimum absolute atomic E-state index is 0.249. The summed E-state index contributed by atoms with van der Waals surface area (Å²) in [6, 6.07) is 18.6. The summed E-state index contributed by atoms with van der Waals surface area (Å²) in [5, 5.41) is 0. The van der Waals surface area contributed by atoms with Crippen molar-refractivity contribution in [2.24, 2.45) is 5.73 Å². The molecule has 0 heterocycles. The van der Waals surface area contributed by atoms with Gasteiger partial charge in [-0.15, -0.1) is 0 Å². The van der Waals surface area contributed by atoms with Crippen molar-refractivity contribution in [2.45, 2.75) is 19.6 Å². The topological polar surface area (TPSA) is 52.3 Å². The average molecular weight is 281 g/mol. The van der Waals surface area contributed by atoms with Gasteiger partial charge in [-0.3, -0.25) is 0 Å². The molecule has 0 aliphatic heterocycles. The Balaban J connectivity index is 2.02. The molecule has 21 heavy (non-hydrogen) atoms. The van der Waals surface area contributed by atoms with Crippen molar-refractivity contribution in [3.8, 4) is 0 Å². The second-order valence-electron chi connectivity index (χ2n) is 4.69. The number of hydrogen-bond acceptors (Lipinski definition) is 3. The summed E-state index contributed by atoms with van der Waals surface area (Å²) >= 11 is 0. The number of hydrogen-bond donors (Lipinski definition) is 1. The van der Waals surface area contributed by atoms with Crippen LogP contribution in [0.2, 0.25) is 0 Å². The van der Waals surface area contributed by atoms with Gasteiger partial charge in [-0.1, -0.05) is 66.7 Å². The zero-order valence-electron chi connectivity index (χ0n) is 12.0. The molecule has 0 aliphatic carbocycles. The van der Waals surface area contributed by atoms with Crippen LogP contribution in [0.25, 0.3) is 0 Å². The van der Waals surface area contributed by atoms with Gasteiger partial charge in [0.05, 0.1) is 11.6 Å². The van der Waals surface area contributed by atoms with E-state index in [1.807, 2.05) is 60.7 Å². The fourth-order valence-corrected chi connectivity index (χ4v) is 2.07. The van der Waals surface area contributed by atoms with Crippen molar-refractivity contribution in [1.82, 2.24) is 0 Å². The van der Waals surface area contributed by atoms with Gasteiger partial charge in [0.25, 0.3) is 0 Å². The van der Waals surface area contributed by atoms with Crippen molar-refractivity contribution in [1.29, 1.82) is 0 Å². The molecule has 2 N–H and O–H groups in total. The SMILES string of the molecule is CC=C(C(=O)OCc1ccccc1)[C@H](N)c1ccccc1. The summed E-state index contributed by atoms with van der Waals surface area (Å²) in [7, 11) is 0. The van der Waals surface area contributed by atoms with Crippen LogP contribution in [0.15, 0.2) is 72.3 Å². The predicted octanol–water partition coefficient (Wildman–Crippen LogP) is 3.38. The molecule has 0 aromatic heterocycles. The van der Waals surface area contributed by atoms with Gasteiger partial charge in [0, 0.05) is 0 Å². The maximum atomic E-state index is 12.2. The van der Waals surface area contributed by atoms with Gasteiger partial charge in [-0.25, -0.2) is 4.79 Å². The molecular weight excluding hydrogens is 262 g/mol. The van der Waals surface area contributed by atoms with Crippen molar-refractivity contribution in [3.05, 3.63) is 83.4 Å². The minimum Gasteiger partial charge on any atom is -0.457 e. The lowest BCUT2D eigenvalue weighted by Gasteiger charge is -2.15. The predicted molar refractivity (Wildman–Crippen MR) is 83.4 cm³/mol. The number of rotatable bonds is 5. The largest absolute Gasteiger partial charge is 0.457 e. The fourth-order valence-electron chi connectivity index (χ4n) is 2.07. The van der Waals surface area contributed by atoms with Crippen molar-refractivity contribution >= 4 is 5.97 Å². The highest BCUT2D eigenvalue weighted by molar-refractivity contribution is 5.90. The standard InChI is InChI=1S/C18H19NO2/c1-2-16(17(19)15-11-7-4-8-12-15)18(20)21-13-14-9-5-3-6-10-14/h2-12,17H,13,19H2,1H3/t17-/m1/s1. The van der Waals surface area contributed by atoms with Crippen LogP contribution in [0.1, 0.15) is 24.1 Å². The second kappa shape index (κ2) is 7.41. The number of carbonyl (C=O) groups is 1. The Morgan fingerprint density at radius 1 is 1.10 bits per heavy atom. The minimum atomic E-state index is -0.473.